The second-order valence-electron chi connectivity index (χ2n) is 15.2. The van der Waals surface area contributed by atoms with Crippen LogP contribution in [0.25, 0.3) is 0 Å². The van der Waals surface area contributed by atoms with Gasteiger partial charge in [-0.05, 0) is 85.9 Å². The van der Waals surface area contributed by atoms with Gasteiger partial charge in [-0.15, -0.1) is 0 Å². The summed E-state index contributed by atoms with van der Waals surface area (Å²) >= 11 is 0. The van der Waals surface area contributed by atoms with Crippen molar-refractivity contribution in [2.75, 3.05) is 42.4 Å². The largest absolute Gasteiger partial charge is 0.508 e. The van der Waals surface area contributed by atoms with Crippen molar-refractivity contribution in [3.63, 3.8) is 0 Å². The molecule has 0 saturated carbocycles. The maximum absolute atomic E-state index is 14.5. The highest BCUT2D eigenvalue weighted by molar-refractivity contribution is 5.95. The Bertz CT molecular complexity index is 1820. The number of aromatic hydroxyl groups is 2. The maximum Gasteiger partial charge on any atom is 0.328 e. The molecule has 0 aliphatic carbocycles. The lowest BCUT2D eigenvalue weighted by Crippen LogP contribution is -2.59. The molecular weight excluding hydrogens is 745 g/mol. The molecule has 3 aromatic carbocycles. The zero-order chi connectivity index (χ0) is 43.3. The summed E-state index contributed by atoms with van der Waals surface area (Å²) in [6.07, 6.45) is -0.341. The minimum absolute atomic E-state index is 0.00475. The van der Waals surface area contributed by atoms with E-state index in [0.717, 1.165) is 5.56 Å². The van der Waals surface area contributed by atoms with Crippen LogP contribution >= 0.6 is 0 Å². The number of hydrogen-bond acceptors (Lipinski definition) is 11. The van der Waals surface area contributed by atoms with Gasteiger partial charge in [0.15, 0.2) is 6.10 Å². The van der Waals surface area contributed by atoms with Gasteiger partial charge in [0.1, 0.15) is 41.4 Å². The van der Waals surface area contributed by atoms with Crippen LogP contribution in [0.1, 0.15) is 50.8 Å². The number of phenolic OH excluding ortho intramolecular Hbond substituents is 2. The van der Waals surface area contributed by atoms with Gasteiger partial charge in [0.2, 0.25) is 11.8 Å². The molecule has 3 rings (SSSR count). The first-order chi connectivity index (χ1) is 27.4. The van der Waals surface area contributed by atoms with Crippen molar-refractivity contribution < 1.29 is 48.4 Å². The number of hydrogen-bond donors (Lipinski definition) is 3. The van der Waals surface area contributed by atoms with Crippen LogP contribution in [0.5, 0.6) is 17.2 Å². The molecule has 0 radical (unpaired) electrons. The highest BCUT2D eigenvalue weighted by atomic mass is 16.6. The molecule has 6 atom stereocenters. The van der Waals surface area contributed by atoms with Gasteiger partial charge < -0.3 is 39.5 Å². The summed E-state index contributed by atoms with van der Waals surface area (Å²) in [5.41, 5.74) is 2.15. The Labute approximate surface area is 342 Å². The second-order valence-corrected chi connectivity index (χ2v) is 15.2. The molecule has 0 spiro atoms. The van der Waals surface area contributed by atoms with E-state index in [1.807, 2.05) is 19.1 Å². The van der Waals surface area contributed by atoms with Gasteiger partial charge in [0.25, 0.3) is 5.91 Å². The molecule has 0 aliphatic heterocycles. The Balaban J connectivity index is 1.92. The normalized spacial score (nSPS) is 14.3. The number of rotatable bonds is 20. The van der Waals surface area contributed by atoms with Crippen molar-refractivity contribution in [2.45, 2.75) is 83.6 Å². The average Bonchev–Trinajstić information content (AvgIpc) is 3.21. The number of methoxy groups -OCH3 is 2. The fourth-order valence-electron chi connectivity index (χ4n) is 6.43. The number of likely N-dealkylation sites (N-methyl/N-ethyl adjacent to an activating group) is 3. The standard InChI is InChI=1S/C44H60N4O10/c1-11-28(4)39(58-44(55)36(46(5)6)25-31-16-22-34(56-9)23-17-31)40(51)45-38(27(2)3)42(53)47(7)35(24-29-12-18-32(49)19-13-29)41(52)48(8)37(43(54)57-10)26-30-14-20-33(50)21-15-30/h12-23,27-28,35-39,49-50H,11,24-26H2,1-10H3,(H,45,51)/t28-,35-,36-,37-,38-,39+/m0/s1. The fourth-order valence-corrected chi connectivity index (χ4v) is 6.43. The number of esters is 2. The Morgan fingerprint density at radius 2 is 1.09 bits per heavy atom. The monoisotopic (exact) mass is 804 g/mol. The van der Waals surface area contributed by atoms with E-state index < -0.39 is 71.8 Å². The molecule has 14 heteroatoms. The van der Waals surface area contributed by atoms with Gasteiger partial charge in [-0.25, -0.2) is 4.79 Å². The first kappa shape index (κ1) is 46.8. The van der Waals surface area contributed by atoms with Crippen molar-refractivity contribution in [1.29, 1.82) is 0 Å². The van der Waals surface area contributed by atoms with Crippen molar-refractivity contribution in [3.8, 4) is 17.2 Å². The van der Waals surface area contributed by atoms with E-state index in [-0.39, 0.29) is 24.3 Å². The lowest BCUT2D eigenvalue weighted by atomic mass is 9.96. The summed E-state index contributed by atoms with van der Waals surface area (Å²) in [5, 5.41) is 22.6. The number of amides is 3. The number of carbonyl (C=O) groups is 5. The summed E-state index contributed by atoms with van der Waals surface area (Å²) in [6.45, 7) is 7.18. The number of ether oxygens (including phenoxy) is 3. The van der Waals surface area contributed by atoms with Crippen molar-refractivity contribution in [3.05, 3.63) is 89.5 Å². The minimum Gasteiger partial charge on any atom is -0.508 e. The molecular formula is C44H60N4O10. The maximum atomic E-state index is 14.5. The van der Waals surface area contributed by atoms with Gasteiger partial charge >= 0.3 is 11.9 Å². The van der Waals surface area contributed by atoms with Crippen LogP contribution in [-0.4, -0.2) is 127 Å². The first-order valence-corrected chi connectivity index (χ1v) is 19.4. The number of carbonyl (C=O) groups excluding carboxylic acids is 5. The van der Waals surface area contributed by atoms with Crippen LogP contribution in [0.15, 0.2) is 72.8 Å². The molecule has 3 amide bonds. The van der Waals surface area contributed by atoms with E-state index in [4.69, 9.17) is 14.2 Å². The van der Waals surface area contributed by atoms with E-state index in [1.54, 1.807) is 83.3 Å². The van der Waals surface area contributed by atoms with E-state index in [2.05, 4.69) is 5.32 Å². The molecule has 0 bridgehead atoms. The number of phenols is 2. The molecule has 0 aromatic heterocycles. The van der Waals surface area contributed by atoms with Crippen molar-refractivity contribution in [2.24, 2.45) is 11.8 Å². The van der Waals surface area contributed by atoms with Crippen molar-refractivity contribution >= 4 is 29.7 Å². The summed E-state index contributed by atoms with van der Waals surface area (Å²) in [5.74, 6) is -3.22. The number of nitrogens with zero attached hydrogens (tertiary/aromatic N) is 3. The molecule has 14 nitrogen and oxygen atoms in total. The Morgan fingerprint density at radius 1 is 0.638 bits per heavy atom. The van der Waals surface area contributed by atoms with Crippen LogP contribution < -0.4 is 10.1 Å². The highest BCUT2D eigenvalue weighted by Crippen LogP contribution is 2.22. The number of benzene rings is 3. The van der Waals surface area contributed by atoms with E-state index in [9.17, 15) is 34.2 Å². The predicted molar refractivity (Wildman–Crippen MR) is 219 cm³/mol. The van der Waals surface area contributed by atoms with Crippen LogP contribution in [0, 0.1) is 11.8 Å². The Hall–Kier alpha value is -5.63. The van der Waals surface area contributed by atoms with Crippen molar-refractivity contribution in [1.82, 2.24) is 20.0 Å². The summed E-state index contributed by atoms with van der Waals surface area (Å²) in [7, 11) is 9.21. The fraction of sp³-hybridized carbons (Fsp3) is 0.477. The minimum atomic E-state index is -1.23. The molecule has 0 saturated heterocycles. The molecule has 0 heterocycles. The summed E-state index contributed by atoms with van der Waals surface area (Å²) < 4.78 is 16.3. The van der Waals surface area contributed by atoms with Gasteiger partial charge in [0.05, 0.1) is 14.2 Å². The SMILES string of the molecule is CC[C@H](C)[C@@H](OC(=O)[C@H](Cc1ccc(OC)cc1)N(C)C)C(=O)N[C@H](C(=O)N(C)[C@@H](Cc1ccc(O)cc1)C(=O)N(C)[C@@H](Cc1ccc(O)cc1)C(=O)OC)C(C)C. The lowest BCUT2D eigenvalue weighted by molar-refractivity contribution is -0.164. The Kier molecular flexibility index (Phi) is 17.5. The quantitative estimate of drug-likeness (QED) is 0.141. The van der Waals surface area contributed by atoms with E-state index in [0.29, 0.717) is 29.7 Å². The lowest BCUT2D eigenvalue weighted by Gasteiger charge is -2.36. The molecule has 0 unspecified atom stereocenters. The van der Waals surface area contributed by atoms with Crippen LogP contribution in [-0.2, 0) is 52.7 Å². The van der Waals surface area contributed by atoms with Crippen LogP contribution in [0.2, 0.25) is 0 Å². The van der Waals surface area contributed by atoms with Gasteiger partial charge in [-0.2, -0.15) is 0 Å². The van der Waals surface area contributed by atoms with E-state index >= 15 is 0 Å². The van der Waals surface area contributed by atoms with E-state index in [1.165, 1.54) is 55.3 Å². The topological polar surface area (TPSA) is 175 Å². The van der Waals surface area contributed by atoms with Crippen LogP contribution in [0.4, 0.5) is 0 Å². The second kappa shape index (κ2) is 21.8. The molecule has 0 aliphatic rings. The van der Waals surface area contributed by atoms with Crippen LogP contribution in [0.3, 0.4) is 0 Å². The van der Waals surface area contributed by atoms with Gasteiger partial charge in [-0.1, -0.05) is 64.1 Å². The highest BCUT2D eigenvalue weighted by Gasteiger charge is 2.40. The zero-order valence-corrected chi connectivity index (χ0v) is 35.3. The summed E-state index contributed by atoms with van der Waals surface area (Å²) in [6, 6.07) is 15.6. The summed E-state index contributed by atoms with van der Waals surface area (Å²) in [4.78, 5) is 74.2. The average molecular weight is 805 g/mol. The van der Waals surface area contributed by atoms with Gasteiger partial charge in [-0.3, -0.25) is 24.1 Å². The zero-order valence-electron chi connectivity index (χ0n) is 35.3. The smallest absolute Gasteiger partial charge is 0.328 e. The molecule has 3 aromatic rings. The molecule has 3 N–H and O–H groups in total. The third kappa shape index (κ3) is 12.7. The third-order valence-corrected chi connectivity index (χ3v) is 10.5. The number of nitrogens with one attached hydrogen (secondary N) is 1. The Morgan fingerprint density at radius 3 is 1.52 bits per heavy atom. The first-order valence-electron chi connectivity index (χ1n) is 19.4. The molecule has 0 fully saturated rings. The molecule has 58 heavy (non-hydrogen) atoms. The van der Waals surface area contributed by atoms with Gasteiger partial charge in [0, 0.05) is 32.9 Å². The molecule has 316 valence electrons. The predicted octanol–water partition coefficient (Wildman–Crippen LogP) is 3.99. The third-order valence-electron chi connectivity index (χ3n) is 10.5.